The number of likely N-dealkylation sites (tertiary alicyclic amines) is 1. The Bertz CT molecular complexity index is 425. The molecule has 1 aliphatic rings. The number of piperidine rings is 1. The van der Waals surface area contributed by atoms with Gasteiger partial charge in [-0.15, -0.1) is 0 Å². The number of halogens is 2. The third-order valence-corrected chi connectivity index (χ3v) is 4.00. The Morgan fingerprint density at radius 1 is 1.56 bits per heavy atom. The Morgan fingerprint density at radius 3 is 3.06 bits per heavy atom. The van der Waals surface area contributed by atoms with Gasteiger partial charge in [0.25, 0.3) is 0 Å². The molecule has 100 valence electrons. The molecule has 0 spiro atoms. The third-order valence-electron chi connectivity index (χ3n) is 3.40. The van der Waals surface area contributed by atoms with E-state index in [-0.39, 0.29) is 5.82 Å². The highest BCUT2D eigenvalue weighted by Gasteiger charge is 2.17. The molecule has 0 aliphatic carbocycles. The van der Waals surface area contributed by atoms with Crippen molar-refractivity contribution in [2.75, 3.05) is 37.7 Å². The summed E-state index contributed by atoms with van der Waals surface area (Å²) in [6.07, 6.45) is 2.48. The van der Waals surface area contributed by atoms with E-state index in [9.17, 15) is 4.39 Å². The van der Waals surface area contributed by atoms with Crippen molar-refractivity contribution in [1.29, 1.82) is 0 Å². The Labute approximate surface area is 116 Å². The number of nitrogens with zero attached hydrogens (tertiary/aromatic N) is 1. The van der Waals surface area contributed by atoms with Crippen LogP contribution in [0.15, 0.2) is 16.6 Å². The second-order valence-corrected chi connectivity index (χ2v) is 5.86. The van der Waals surface area contributed by atoms with Crippen LogP contribution in [0.25, 0.3) is 0 Å². The maximum absolute atomic E-state index is 13.2. The average Bonchev–Trinajstić information content (AvgIpc) is 2.32. The summed E-state index contributed by atoms with van der Waals surface area (Å²) in [5.41, 5.74) is 7.06. The van der Waals surface area contributed by atoms with E-state index in [0.717, 1.165) is 18.8 Å². The van der Waals surface area contributed by atoms with Crippen LogP contribution in [0.3, 0.4) is 0 Å². The fourth-order valence-electron chi connectivity index (χ4n) is 2.41. The van der Waals surface area contributed by atoms with Gasteiger partial charge < -0.3 is 16.0 Å². The molecule has 1 saturated heterocycles. The van der Waals surface area contributed by atoms with Gasteiger partial charge in [-0.3, -0.25) is 0 Å². The highest BCUT2D eigenvalue weighted by atomic mass is 79.9. The van der Waals surface area contributed by atoms with E-state index in [0.29, 0.717) is 16.1 Å². The number of nitrogen functional groups attached to an aromatic ring is 1. The lowest BCUT2D eigenvalue weighted by atomic mass is 9.98. The third kappa shape index (κ3) is 3.36. The molecule has 2 rings (SSSR count). The van der Waals surface area contributed by atoms with Crippen molar-refractivity contribution in [2.45, 2.75) is 12.8 Å². The SMILES string of the molecule is CN1CCCC(CNc2cc(Br)c(F)cc2N)C1. The molecular formula is C13H19BrFN3. The summed E-state index contributed by atoms with van der Waals surface area (Å²) in [7, 11) is 2.15. The molecule has 0 saturated carbocycles. The van der Waals surface area contributed by atoms with Gasteiger partial charge in [0.05, 0.1) is 15.8 Å². The van der Waals surface area contributed by atoms with E-state index in [1.54, 1.807) is 6.07 Å². The van der Waals surface area contributed by atoms with Crippen molar-refractivity contribution in [3.8, 4) is 0 Å². The van der Waals surface area contributed by atoms with Gasteiger partial charge in [-0.05, 0) is 54.3 Å². The average molecular weight is 316 g/mol. The molecule has 18 heavy (non-hydrogen) atoms. The smallest absolute Gasteiger partial charge is 0.139 e. The maximum Gasteiger partial charge on any atom is 0.139 e. The van der Waals surface area contributed by atoms with Gasteiger partial charge in [-0.25, -0.2) is 4.39 Å². The van der Waals surface area contributed by atoms with Crippen LogP contribution >= 0.6 is 15.9 Å². The van der Waals surface area contributed by atoms with E-state index in [1.165, 1.54) is 25.5 Å². The molecular weight excluding hydrogens is 297 g/mol. The first kappa shape index (κ1) is 13.6. The van der Waals surface area contributed by atoms with E-state index in [2.05, 4.69) is 33.2 Å². The normalized spacial score (nSPS) is 20.9. The van der Waals surface area contributed by atoms with Crippen LogP contribution in [0.5, 0.6) is 0 Å². The molecule has 3 nitrogen and oxygen atoms in total. The van der Waals surface area contributed by atoms with Crippen LogP contribution in [0.4, 0.5) is 15.8 Å². The van der Waals surface area contributed by atoms with Gasteiger partial charge in [0.2, 0.25) is 0 Å². The number of rotatable bonds is 3. The lowest BCUT2D eigenvalue weighted by Crippen LogP contribution is -2.35. The number of anilines is 2. The van der Waals surface area contributed by atoms with Crippen LogP contribution in [-0.4, -0.2) is 31.6 Å². The summed E-state index contributed by atoms with van der Waals surface area (Å²) in [6.45, 7) is 3.17. The standard InChI is InChI=1S/C13H19BrFN3/c1-18-4-2-3-9(8-18)7-17-13-5-10(14)11(15)6-12(13)16/h5-6,9,17H,2-4,7-8,16H2,1H3. The summed E-state index contributed by atoms with van der Waals surface area (Å²) in [5, 5.41) is 3.32. The Hall–Kier alpha value is -0.810. The molecule has 1 fully saturated rings. The minimum atomic E-state index is -0.324. The zero-order chi connectivity index (χ0) is 13.1. The first-order chi connectivity index (χ1) is 8.56. The largest absolute Gasteiger partial charge is 0.397 e. The summed E-state index contributed by atoms with van der Waals surface area (Å²) in [4.78, 5) is 2.35. The fraction of sp³-hybridized carbons (Fsp3) is 0.538. The van der Waals surface area contributed by atoms with Crippen molar-refractivity contribution in [2.24, 2.45) is 5.92 Å². The van der Waals surface area contributed by atoms with Crippen LogP contribution in [0.2, 0.25) is 0 Å². The van der Waals surface area contributed by atoms with Gasteiger partial charge in [0.1, 0.15) is 5.82 Å². The highest BCUT2D eigenvalue weighted by Crippen LogP contribution is 2.27. The van der Waals surface area contributed by atoms with Gasteiger partial charge >= 0.3 is 0 Å². The molecule has 5 heteroatoms. The number of nitrogens with two attached hydrogens (primary N) is 1. The van der Waals surface area contributed by atoms with E-state index >= 15 is 0 Å². The molecule has 1 aromatic rings. The molecule has 0 bridgehead atoms. The zero-order valence-electron chi connectivity index (χ0n) is 10.5. The molecule has 1 unspecified atom stereocenters. The number of hydrogen-bond acceptors (Lipinski definition) is 3. The molecule has 1 heterocycles. The first-order valence-electron chi connectivity index (χ1n) is 6.23. The lowest BCUT2D eigenvalue weighted by molar-refractivity contribution is 0.217. The second kappa shape index (κ2) is 5.89. The monoisotopic (exact) mass is 315 g/mol. The van der Waals surface area contributed by atoms with Crippen molar-refractivity contribution in [3.63, 3.8) is 0 Å². The lowest BCUT2D eigenvalue weighted by Gasteiger charge is -2.30. The quantitative estimate of drug-likeness (QED) is 0.843. The summed E-state index contributed by atoms with van der Waals surface area (Å²) >= 11 is 3.18. The van der Waals surface area contributed by atoms with Gasteiger partial charge in [0, 0.05) is 19.2 Å². The number of benzene rings is 1. The van der Waals surface area contributed by atoms with Gasteiger partial charge in [-0.1, -0.05) is 0 Å². The molecule has 3 N–H and O–H groups in total. The van der Waals surface area contributed by atoms with Crippen molar-refractivity contribution in [1.82, 2.24) is 4.90 Å². The van der Waals surface area contributed by atoms with Gasteiger partial charge in [0.15, 0.2) is 0 Å². The summed E-state index contributed by atoms with van der Waals surface area (Å²) in [6, 6.07) is 3.05. The maximum atomic E-state index is 13.2. The number of nitrogens with one attached hydrogen (secondary N) is 1. The first-order valence-corrected chi connectivity index (χ1v) is 7.02. The van der Waals surface area contributed by atoms with Crippen molar-refractivity contribution in [3.05, 3.63) is 22.4 Å². The molecule has 0 amide bonds. The van der Waals surface area contributed by atoms with Crippen LogP contribution < -0.4 is 11.1 Å². The predicted octanol–water partition coefficient (Wildman–Crippen LogP) is 2.92. The molecule has 1 atom stereocenters. The molecule has 0 radical (unpaired) electrons. The number of hydrogen-bond donors (Lipinski definition) is 2. The van der Waals surface area contributed by atoms with Crippen molar-refractivity contribution < 1.29 is 4.39 Å². The van der Waals surface area contributed by atoms with E-state index < -0.39 is 0 Å². The minimum Gasteiger partial charge on any atom is -0.397 e. The van der Waals surface area contributed by atoms with Crippen LogP contribution in [0, 0.1) is 11.7 Å². The highest BCUT2D eigenvalue weighted by molar-refractivity contribution is 9.10. The topological polar surface area (TPSA) is 41.3 Å². The Balaban J connectivity index is 1.95. The minimum absolute atomic E-state index is 0.324. The summed E-state index contributed by atoms with van der Waals surface area (Å²) in [5.74, 6) is 0.308. The Kier molecular flexibility index (Phi) is 4.45. The fourth-order valence-corrected chi connectivity index (χ4v) is 2.75. The predicted molar refractivity (Wildman–Crippen MR) is 77.2 cm³/mol. The van der Waals surface area contributed by atoms with Crippen molar-refractivity contribution >= 4 is 27.3 Å². The molecule has 0 aromatic heterocycles. The van der Waals surface area contributed by atoms with E-state index in [4.69, 9.17) is 5.73 Å². The van der Waals surface area contributed by atoms with Gasteiger partial charge in [-0.2, -0.15) is 0 Å². The van der Waals surface area contributed by atoms with E-state index in [1.807, 2.05) is 0 Å². The van der Waals surface area contributed by atoms with Crippen LogP contribution in [-0.2, 0) is 0 Å². The Morgan fingerprint density at radius 2 is 2.33 bits per heavy atom. The molecule has 1 aromatic carbocycles. The second-order valence-electron chi connectivity index (χ2n) is 5.00. The molecule has 1 aliphatic heterocycles. The zero-order valence-corrected chi connectivity index (χ0v) is 12.1. The summed E-state index contributed by atoms with van der Waals surface area (Å²) < 4.78 is 13.7. The van der Waals surface area contributed by atoms with Crippen LogP contribution in [0.1, 0.15) is 12.8 Å².